The summed E-state index contributed by atoms with van der Waals surface area (Å²) in [4.78, 5) is 12.8. The van der Waals surface area contributed by atoms with Crippen LogP contribution in [0.4, 0.5) is 5.69 Å². The number of carbonyl (C=O) groups excluding carboxylic acids is 1. The Morgan fingerprint density at radius 1 is 1.03 bits per heavy atom. The van der Waals surface area contributed by atoms with Crippen molar-refractivity contribution in [3.8, 4) is 17.1 Å². The maximum absolute atomic E-state index is 13.5. The Labute approximate surface area is 230 Å². The highest BCUT2D eigenvalue weighted by atomic mass is 35.5. The van der Waals surface area contributed by atoms with Gasteiger partial charge in [-0.05, 0) is 73.7 Å². The van der Waals surface area contributed by atoms with Gasteiger partial charge in [-0.1, -0.05) is 40.9 Å². The van der Waals surface area contributed by atoms with E-state index in [1.165, 1.54) is 25.5 Å². The molecule has 1 N–H and O–H groups in total. The van der Waals surface area contributed by atoms with Crippen LogP contribution in [-0.4, -0.2) is 34.2 Å². The van der Waals surface area contributed by atoms with E-state index in [1.54, 1.807) is 66.7 Å². The van der Waals surface area contributed by atoms with E-state index in [0.717, 1.165) is 9.87 Å². The summed E-state index contributed by atoms with van der Waals surface area (Å²) in [5.41, 5.74) is 4.28. The number of sulfonamides is 1. The molecule has 0 unspecified atom stereocenters. The summed E-state index contributed by atoms with van der Waals surface area (Å²) < 4.78 is 38.8. The van der Waals surface area contributed by atoms with Gasteiger partial charge in [-0.2, -0.15) is 5.10 Å². The fourth-order valence-corrected chi connectivity index (χ4v) is 5.41. The molecule has 0 aliphatic heterocycles. The molecule has 0 atom stereocenters. The number of benzene rings is 3. The number of aryl methyl sites for hydroxylation is 1. The normalized spacial score (nSPS) is 11.5. The first-order valence-corrected chi connectivity index (χ1v) is 13.5. The van der Waals surface area contributed by atoms with Gasteiger partial charge in [0.25, 0.3) is 15.9 Å². The fourth-order valence-electron chi connectivity index (χ4n) is 3.49. The minimum Gasteiger partial charge on any atom is -0.497 e. The summed E-state index contributed by atoms with van der Waals surface area (Å²) in [7, 11) is -2.58. The summed E-state index contributed by atoms with van der Waals surface area (Å²) in [6, 6.07) is 21.1. The van der Waals surface area contributed by atoms with Crippen LogP contribution >= 0.6 is 23.2 Å². The van der Waals surface area contributed by atoms with Gasteiger partial charge in [0.2, 0.25) is 0 Å². The van der Waals surface area contributed by atoms with Crippen molar-refractivity contribution in [2.75, 3.05) is 18.0 Å². The van der Waals surface area contributed by atoms with Crippen LogP contribution in [0.2, 0.25) is 10.0 Å². The molecular formula is C27H23Cl2N3O5S. The summed E-state index contributed by atoms with van der Waals surface area (Å²) in [6.45, 7) is 1.38. The minimum atomic E-state index is -4.07. The summed E-state index contributed by atoms with van der Waals surface area (Å²) >= 11 is 12.2. The number of hydrazone groups is 1. The van der Waals surface area contributed by atoms with Crippen molar-refractivity contribution < 1.29 is 22.4 Å². The highest BCUT2D eigenvalue weighted by Crippen LogP contribution is 2.31. The monoisotopic (exact) mass is 571 g/mol. The first kappa shape index (κ1) is 27.3. The molecule has 3 aromatic carbocycles. The number of halogens is 2. The molecule has 0 aliphatic rings. The van der Waals surface area contributed by atoms with E-state index >= 15 is 0 Å². The second-order valence-corrected chi connectivity index (χ2v) is 10.8. The number of hydrogen-bond donors (Lipinski definition) is 1. The Morgan fingerprint density at radius 2 is 1.74 bits per heavy atom. The molecule has 1 amide bonds. The van der Waals surface area contributed by atoms with Crippen LogP contribution in [0.3, 0.4) is 0 Å². The first-order valence-electron chi connectivity index (χ1n) is 11.3. The van der Waals surface area contributed by atoms with Crippen molar-refractivity contribution in [1.29, 1.82) is 0 Å². The molecule has 4 rings (SSSR count). The number of rotatable bonds is 9. The zero-order valence-corrected chi connectivity index (χ0v) is 22.7. The van der Waals surface area contributed by atoms with E-state index in [0.29, 0.717) is 38.6 Å². The minimum absolute atomic E-state index is 0.0131. The van der Waals surface area contributed by atoms with Crippen LogP contribution in [-0.2, 0) is 14.8 Å². The van der Waals surface area contributed by atoms with Gasteiger partial charge in [0.15, 0.2) is 0 Å². The van der Waals surface area contributed by atoms with E-state index in [9.17, 15) is 13.2 Å². The fraction of sp³-hybridized carbons (Fsp3) is 0.111. The molecule has 1 heterocycles. The number of carbonyl (C=O) groups is 1. The molecule has 38 heavy (non-hydrogen) atoms. The van der Waals surface area contributed by atoms with E-state index < -0.39 is 22.5 Å². The lowest BCUT2D eigenvalue weighted by molar-refractivity contribution is -0.119. The molecule has 196 valence electrons. The third kappa shape index (κ3) is 6.36. The molecule has 0 bridgehead atoms. The lowest BCUT2D eigenvalue weighted by Crippen LogP contribution is -2.39. The molecule has 11 heteroatoms. The third-order valence-corrected chi connectivity index (χ3v) is 7.80. The van der Waals surface area contributed by atoms with Crippen molar-refractivity contribution >= 4 is 51.0 Å². The Balaban J connectivity index is 1.50. The summed E-state index contributed by atoms with van der Waals surface area (Å²) in [6.07, 6.45) is 1.30. The topological polar surface area (TPSA) is 101 Å². The van der Waals surface area contributed by atoms with Crippen LogP contribution in [0.25, 0.3) is 11.3 Å². The van der Waals surface area contributed by atoms with Gasteiger partial charge in [-0.25, -0.2) is 13.8 Å². The third-order valence-electron chi connectivity index (χ3n) is 5.46. The van der Waals surface area contributed by atoms with Gasteiger partial charge in [0.05, 0.1) is 28.9 Å². The van der Waals surface area contributed by atoms with Crippen molar-refractivity contribution in [3.63, 3.8) is 0 Å². The molecule has 0 saturated carbocycles. The molecule has 0 spiro atoms. The molecule has 0 aliphatic carbocycles. The average molecular weight is 572 g/mol. The van der Waals surface area contributed by atoms with E-state index in [4.69, 9.17) is 32.4 Å². The van der Waals surface area contributed by atoms with Crippen molar-refractivity contribution in [2.24, 2.45) is 5.10 Å². The van der Waals surface area contributed by atoms with Crippen LogP contribution in [0, 0.1) is 6.92 Å². The Hall–Kier alpha value is -3.79. The summed E-state index contributed by atoms with van der Waals surface area (Å²) in [5, 5.41) is 4.84. The second kappa shape index (κ2) is 11.7. The number of ether oxygens (including phenoxy) is 1. The van der Waals surface area contributed by atoms with E-state index in [2.05, 4.69) is 10.5 Å². The zero-order valence-electron chi connectivity index (χ0n) is 20.4. The Kier molecular flexibility index (Phi) is 8.41. The van der Waals surface area contributed by atoms with Crippen LogP contribution < -0.4 is 14.5 Å². The van der Waals surface area contributed by atoms with Gasteiger partial charge in [-0.3, -0.25) is 9.10 Å². The summed E-state index contributed by atoms with van der Waals surface area (Å²) in [5.74, 6) is 0.715. The number of hydrogen-bond acceptors (Lipinski definition) is 6. The number of anilines is 1. The van der Waals surface area contributed by atoms with Crippen molar-refractivity contribution in [3.05, 3.63) is 100 Å². The molecule has 0 radical (unpaired) electrons. The smallest absolute Gasteiger partial charge is 0.264 e. The number of methoxy groups -OCH3 is 1. The Morgan fingerprint density at radius 3 is 2.39 bits per heavy atom. The first-order chi connectivity index (χ1) is 18.2. The number of amides is 1. The molecule has 4 aromatic rings. The van der Waals surface area contributed by atoms with Gasteiger partial charge in [-0.15, -0.1) is 0 Å². The number of nitrogens with one attached hydrogen (secondary N) is 1. The highest BCUT2D eigenvalue weighted by molar-refractivity contribution is 7.92. The lowest BCUT2D eigenvalue weighted by atomic mass is 10.2. The van der Waals surface area contributed by atoms with Crippen LogP contribution in [0.1, 0.15) is 11.3 Å². The van der Waals surface area contributed by atoms with Gasteiger partial charge in [0.1, 0.15) is 23.8 Å². The predicted molar refractivity (Wildman–Crippen MR) is 149 cm³/mol. The van der Waals surface area contributed by atoms with Crippen molar-refractivity contribution in [1.82, 2.24) is 5.43 Å². The SMILES string of the molecule is COc1ccc(S(=O)(=O)N(CC(=O)N/N=C/c2ccc(-c3ccc(Cl)cc3Cl)o2)c2ccc(C)cc2)cc1. The molecular weight excluding hydrogens is 549 g/mol. The maximum Gasteiger partial charge on any atom is 0.264 e. The predicted octanol–water partition coefficient (Wildman–Crippen LogP) is 5.92. The standard InChI is InChI=1S/C27H23Cl2N3O5S/c1-18-3-6-20(7-4-18)32(38(34,35)23-11-8-21(36-2)9-12-23)17-27(33)31-30-16-22-10-14-26(37-22)24-13-5-19(28)15-25(24)29/h3-16H,17H2,1-2H3,(H,31,33)/b30-16+. The molecule has 0 saturated heterocycles. The number of nitrogens with zero attached hydrogens (tertiary/aromatic N) is 2. The van der Waals surface area contributed by atoms with E-state index in [-0.39, 0.29) is 4.90 Å². The van der Waals surface area contributed by atoms with Crippen LogP contribution in [0.15, 0.2) is 93.3 Å². The molecule has 0 fully saturated rings. The highest BCUT2D eigenvalue weighted by Gasteiger charge is 2.27. The van der Waals surface area contributed by atoms with Crippen molar-refractivity contribution in [2.45, 2.75) is 11.8 Å². The zero-order chi connectivity index (χ0) is 27.3. The van der Waals surface area contributed by atoms with Gasteiger partial charge in [0, 0.05) is 10.6 Å². The maximum atomic E-state index is 13.5. The van der Waals surface area contributed by atoms with Gasteiger partial charge >= 0.3 is 0 Å². The lowest BCUT2D eigenvalue weighted by Gasteiger charge is -2.24. The van der Waals surface area contributed by atoms with Crippen LogP contribution in [0.5, 0.6) is 5.75 Å². The largest absolute Gasteiger partial charge is 0.497 e. The van der Waals surface area contributed by atoms with E-state index in [1.807, 2.05) is 6.92 Å². The molecule has 1 aromatic heterocycles. The quantitative estimate of drug-likeness (QED) is 0.198. The second-order valence-electron chi connectivity index (χ2n) is 8.14. The molecule has 8 nitrogen and oxygen atoms in total. The van der Waals surface area contributed by atoms with Gasteiger partial charge < -0.3 is 9.15 Å². The number of furan rings is 1. The average Bonchev–Trinajstić information content (AvgIpc) is 3.36. The Bertz CT molecular complexity index is 1570.